The molecule has 0 aliphatic carbocycles. The minimum absolute atomic E-state index is 0.610. The zero-order chi connectivity index (χ0) is 18.6. The van der Waals surface area contributed by atoms with Crippen molar-refractivity contribution in [3.63, 3.8) is 0 Å². The van der Waals surface area contributed by atoms with Gasteiger partial charge in [-0.3, -0.25) is 0 Å². The van der Waals surface area contributed by atoms with Gasteiger partial charge in [-0.2, -0.15) is 0 Å². The van der Waals surface area contributed by atoms with E-state index in [-0.39, 0.29) is 0 Å². The van der Waals surface area contributed by atoms with E-state index in [9.17, 15) is 0 Å². The molecule has 0 aliphatic rings. The van der Waals surface area contributed by atoms with Crippen LogP contribution >= 0.6 is 35.0 Å². The molecule has 0 spiro atoms. The summed E-state index contributed by atoms with van der Waals surface area (Å²) in [5, 5.41) is 1.88. The van der Waals surface area contributed by atoms with Crippen molar-refractivity contribution in [3.8, 4) is 22.6 Å². The van der Waals surface area contributed by atoms with Crippen molar-refractivity contribution in [3.05, 3.63) is 94.5 Å². The van der Waals surface area contributed by atoms with Crippen LogP contribution in [0, 0.1) is 0 Å². The number of halogens is 2. The van der Waals surface area contributed by atoms with Gasteiger partial charge in [-0.25, -0.2) is 4.98 Å². The zero-order valence-electron chi connectivity index (χ0n) is 14.2. The maximum Gasteiger partial charge on any atom is 0.257 e. The van der Waals surface area contributed by atoms with Crippen LogP contribution in [-0.2, 0) is 5.75 Å². The van der Waals surface area contributed by atoms with Crippen molar-refractivity contribution in [1.82, 2.24) is 4.98 Å². The minimum atomic E-state index is 0.610. The van der Waals surface area contributed by atoms with Gasteiger partial charge < -0.3 is 4.42 Å². The molecule has 0 radical (unpaired) electrons. The monoisotopic (exact) mass is 411 g/mol. The second-order valence-electron chi connectivity index (χ2n) is 5.91. The summed E-state index contributed by atoms with van der Waals surface area (Å²) in [5.41, 5.74) is 3.86. The Hall–Kier alpha value is -2.20. The lowest BCUT2D eigenvalue weighted by molar-refractivity contribution is 0.466. The Labute approximate surface area is 172 Å². The average Bonchev–Trinajstić information content (AvgIpc) is 3.13. The number of thioether (sulfide) groups is 1. The van der Waals surface area contributed by atoms with Gasteiger partial charge in [-0.15, -0.1) is 0 Å². The molecule has 0 atom stereocenters. The van der Waals surface area contributed by atoms with Gasteiger partial charge in [-0.1, -0.05) is 102 Å². The van der Waals surface area contributed by atoms with E-state index in [0.29, 0.717) is 21.0 Å². The van der Waals surface area contributed by atoms with E-state index in [1.54, 1.807) is 6.07 Å². The van der Waals surface area contributed by atoms with Crippen LogP contribution in [0.1, 0.15) is 5.56 Å². The normalized spacial score (nSPS) is 10.9. The van der Waals surface area contributed by atoms with Crippen molar-refractivity contribution in [2.75, 3.05) is 0 Å². The van der Waals surface area contributed by atoms with Crippen LogP contribution in [0.15, 0.2) is 88.5 Å². The number of hydrogen-bond acceptors (Lipinski definition) is 3. The van der Waals surface area contributed by atoms with Crippen molar-refractivity contribution in [1.29, 1.82) is 0 Å². The van der Waals surface area contributed by atoms with Gasteiger partial charge >= 0.3 is 0 Å². The number of oxazole rings is 1. The summed E-state index contributed by atoms with van der Waals surface area (Å²) in [5.74, 6) is 1.42. The summed E-state index contributed by atoms with van der Waals surface area (Å²) in [7, 11) is 0. The molecule has 0 unspecified atom stereocenters. The van der Waals surface area contributed by atoms with E-state index in [2.05, 4.69) is 0 Å². The summed E-state index contributed by atoms with van der Waals surface area (Å²) in [6, 6.07) is 25.6. The van der Waals surface area contributed by atoms with Crippen LogP contribution in [0.25, 0.3) is 22.6 Å². The molecule has 1 aromatic heterocycles. The highest BCUT2D eigenvalue weighted by Gasteiger charge is 2.17. The minimum Gasteiger partial charge on any atom is -0.431 e. The van der Waals surface area contributed by atoms with Gasteiger partial charge in [0.1, 0.15) is 5.69 Å². The van der Waals surface area contributed by atoms with Gasteiger partial charge in [-0.05, 0) is 17.7 Å². The van der Waals surface area contributed by atoms with Crippen LogP contribution < -0.4 is 0 Å². The summed E-state index contributed by atoms with van der Waals surface area (Å²) in [6.07, 6.45) is 0. The van der Waals surface area contributed by atoms with E-state index in [1.807, 2.05) is 72.8 Å². The molecule has 4 aromatic rings. The van der Waals surface area contributed by atoms with E-state index in [4.69, 9.17) is 32.6 Å². The molecule has 0 amide bonds. The van der Waals surface area contributed by atoms with Gasteiger partial charge in [0, 0.05) is 26.9 Å². The maximum absolute atomic E-state index is 6.28. The Bertz CT molecular complexity index is 992. The average molecular weight is 412 g/mol. The van der Waals surface area contributed by atoms with Crippen molar-refractivity contribution >= 4 is 35.0 Å². The fourth-order valence-corrected chi connectivity index (χ4v) is 4.10. The van der Waals surface area contributed by atoms with E-state index >= 15 is 0 Å². The van der Waals surface area contributed by atoms with Gasteiger partial charge in [0.25, 0.3) is 5.22 Å². The number of aromatic nitrogens is 1. The number of hydrogen-bond donors (Lipinski definition) is 0. The van der Waals surface area contributed by atoms with Crippen LogP contribution in [0.4, 0.5) is 0 Å². The predicted molar refractivity (Wildman–Crippen MR) is 113 cm³/mol. The van der Waals surface area contributed by atoms with Crippen molar-refractivity contribution in [2.24, 2.45) is 0 Å². The molecule has 0 aliphatic heterocycles. The number of rotatable bonds is 5. The van der Waals surface area contributed by atoms with Crippen molar-refractivity contribution in [2.45, 2.75) is 11.0 Å². The molecule has 2 nitrogen and oxygen atoms in total. The smallest absolute Gasteiger partial charge is 0.257 e. The highest BCUT2D eigenvalue weighted by atomic mass is 35.5. The Balaban J connectivity index is 1.67. The molecule has 0 bridgehead atoms. The van der Waals surface area contributed by atoms with Gasteiger partial charge in [0.05, 0.1) is 0 Å². The third-order valence-electron chi connectivity index (χ3n) is 4.06. The van der Waals surface area contributed by atoms with Crippen LogP contribution in [0.5, 0.6) is 0 Å². The predicted octanol–water partition coefficient (Wildman–Crippen LogP) is 7.61. The van der Waals surface area contributed by atoms with E-state index in [0.717, 1.165) is 28.1 Å². The number of benzene rings is 3. The molecular formula is C22H15Cl2NOS. The summed E-state index contributed by atoms with van der Waals surface area (Å²) in [4.78, 5) is 4.75. The SMILES string of the molecule is Clc1ccc(CSc2nc(-c3ccccc3)c(-c3ccccc3)o2)c(Cl)c1. The van der Waals surface area contributed by atoms with E-state index < -0.39 is 0 Å². The van der Waals surface area contributed by atoms with Crippen LogP contribution in [0.3, 0.4) is 0 Å². The Morgan fingerprint density at radius 2 is 1.48 bits per heavy atom. The molecule has 27 heavy (non-hydrogen) atoms. The zero-order valence-corrected chi connectivity index (χ0v) is 16.6. The highest BCUT2D eigenvalue weighted by molar-refractivity contribution is 7.98. The second-order valence-corrected chi connectivity index (χ2v) is 7.68. The molecule has 0 fully saturated rings. The van der Waals surface area contributed by atoms with E-state index in [1.165, 1.54) is 11.8 Å². The summed E-state index contributed by atoms with van der Waals surface area (Å²) < 4.78 is 6.12. The largest absolute Gasteiger partial charge is 0.431 e. The van der Waals surface area contributed by atoms with Crippen LogP contribution in [0.2, 0.25) is 10.0 Å². The van der Waals surface area contributed by atoms with Gasteiger partial charge in [0.2, 0.25) is 0 Å². The second kappa shape index (κ2) is 8.22. The maximum atomic E-state index is 6.28. The van der Waals surface area contributed by atoms with Crippen molar-refractivity contribution < 1.29 is 4.42 Å². The summed E-state index contributed by atoms with van der Waals surface area (Å²) in [6.45, 7) is 0. The topological polar surface area (TPSA) is 26.0 Å². The first-order valence-electron chi connectivity index (χ1n) is 8.39. The molecule has 0 saturated heterocycles. The fourth-order valence-electron chi connectivity index (χ4n) is 2.72. The lowest BCUT2D eigenvalue weighted by Crippen LogP contribution is -1.83. The third kappa shape index (κ3) is 4.22. The first-order valence-corrected chi connectivity index (χ1v) is 10.1. The quantitative estimate of drug-likeness (QED) is 0.316. The molecule has 3 aromatic carbocycles. The molecule has 4 rings (SSSR count). The lowest BCUT2D eigenvalue weighted by Gasteiger charge is -2.02. The van der Waals surface area contributed by atoms with Crippen LogP contribution in [-0.4, -0.2) is 4.98 Å². The first-order chi connectivity index (χ1) is 13.2. The lowest BCUT2D eigenvalue weighted by atomic mass is 10.1. The first kappa shape index (κ1) is 18.2. The molecule has 5 heteroatoms. The standard InChI is InChI=1S/C22H15Cl2NOS/c23-18-12-11-17(19(24)13-18)14-27-22-25-20(15-7-3-1-4-8-15)21(26-22)16-9-5-2-6-10-16/h1-13H,14H2. The Morgan fingerprint density at radius 1 is 0.815 bits per heavy atom. The number of nitrogens with zero attached hydrogens (tertiary/aromatic N) is 1. The summed E-state index contributed by atoms with van der Waals surface area (Å²) >= 11 is 13.8. The molecule has 1 heterocycles. The Kier molecular flexibility index (Phi) is 5.53. The highest BCUT2D eigenvalue weighted by Crippen LogP contribution is 2.37. The molecule has 0 N–H and O–H groups in total. The third-order valence-corrected chi connectivity index (χ3v) is 5.52. The molecular weight excluding hydrogens is 397 g/mol. The Morgan fingerprint density at radius 3 is 2.15 bits per heavy atom. The molecule has 134 valence electrons. The fraction of sp³-hybridized carbons (Fsp3) is 0.0455. The van der Waals surface area contributed by atoms with Gasteiger partial charge in [0.15, 0.2) is 5.76 Å². The molecule has 0 saturated carbocycles.